The third-order valence-corrected chi connectivity index (χ3v) is 2.77. The predicted molar refractivity (Wildman–Crippen MR) is 73.0 cm³/mol. The van der Waals surface area contributed by atoms with Crippen molar-refractivity contribution in [2.75, 3.05) is 5.32 Å². The Kier molecular flexibility index (Phi) is 3.97. The smallest absolute Gasteiger partial charge is 0.274 e. The fourth-order valence-electron chi connectivity index (χ4n) is 1.74. The minimum atomic E-state index is -0.639. The Hall–Kier alpha value is -2.44. The number of non-ortho nitro benzene ring substituents is 1. The van der Waals surface area contributed by atoms with Crippen LogP contribution in [0.4, 0.5) is 15.8 Å². The maximum absolute atomic E-state index is 13.3. The maximum Gasteiger partial charge on any atom is 0.274 e. The number of halogens is 1. The van der Waals surface area contributed by atoms with Gasteiger partial charge in [-0.15, -0.1) is 0 Å². The van der Waals surface area contributed by atoms with E-state index in [4.69, 9.17) is 0 Å². The molecule has 106 valence electrons. The molecule has 1 N–H and O–H groups in total. The molecule has 0 aliphatic carbocycles. The van der Waals surface area contributed by atoms with Gasteiger partial charge in [0.25, 0.3) is 5.69 Å². The summed E-state index contributed by atoms with van der Waals surface area (Å²) >= 11 is 0. The summed E-state index contributed by atoms with van der Waals surface area (Å²) in [5.41, 5.74) is 1.02. The molecule has 0 atom stereocenters. The van der Waals surface area contributed by atoms with Gasteiger partial charge in [-0.05, 0) is 19.9 Å². The number of nitrogens with one attached hydrogen (secondary N) is 1. The number of hydrogen-bond donors (Lipinski definition) is 1. The second kappa shape index (κ2) is 5.68. The third-order valence-electron chi connectivity index (χ3n) is 2.77. The molecule has 0 radical (unpaired) electrons. The van der Waals surface area contributed by atoms with Gasteiger partial charge < -0.3 is 5.32 Å². The van der Waals surface area contributed by atoms with Crippen LogP contribution in [0.25, 0.3) is 0 Å². The van der Waals surface area contributed by atoms with E-state index in [1.165, 1.54) is 12.1 Å². The average molecular weight is 278 g/mol. The lowest BCUT2D eigenvalue weighted by atomic mass is 10.2. The standard InChI is InChI=1S/C13H15FN4O2/c1-9(2)17-8-10(7-16-17)6-15-12-3-11(14)4-13(5-12)18(19)20/h3-5,7-9,15H,6H2,1-2H3. The number of nitrogens with zero attached hydrogens (tertiary/aromatic N) is 3. The normalized spacial score (nSPS) is 10.8. The summed E-state index contributed by atoms with van der Waals surface area (Å²) in [6.45, 7) is 4.45. The summed E-state index contributed by atoms with van der Waals surface area (Å²) in [5, 5.41) is 17.8. The van der Waals surface area contributed by atoms with E-state index in [1.807, 2.05) is 24.7 Å². The van der Waals surface area contributed by atoms with Crippen LogP contribution in [0.1, 0.15) is 25.5 Å². The van der Waals surface area contributed by atoms with Gasteiger partial charge in [0.2, 0.25) is 0 Å². The van der Waals surface area contributed by atoms with Crippen LogP contribution in [-0.2, 0) is 6.54 Å². The number of nitro benzene ring substituents is 1. The van der Waals surface area contributed by atoms with E-state index in [2.05, 4.69) is 10.4 Å². The summed E-state index contributed by atoms with van der Waals surface area (Å²) in [4.78, 5) is 10.0. The quantitative estimate of drug-likeness (QED) is 0.673. The zero-order valence-corrected chi connectivity index (χ0v) is 11.2. The average Bonchev–Trinajstić information content (AvgIpc) is 2.84. The molecular weight excluding hydrogens is 263 g/mol. The number of anilines is 1. The first-order valence-corrected chi connectivity index (χ1v) is 6.17. The van der Waals surface area contributed by atoms with E-state index < -0.39 is 10.7 Å². The van der Waals surface area contributed by atoms with Crippen molar-refractivity contribution in [1.29, 1.82) is 0 Å². The highest BCUT2D eigenvalue weighted by Gasteiger charge is 2.10. The number of aromatic nitrogens is 2. The van der Waals surface area contributed by atoms with Gasteiger partial charge in [0, 0.05) is 36.1 Å². The molecule has 0 bridgehead atoms. The molecule has 20 heavy (non-hydrogen) atoms. The minimum Gasteiger partial charge on any atom is -0.381 e. The maximum atomic E-state index is 13.3. The summed E-state index contributed by atoms with van der Waals surface area (Å²) in [5.74, 6) is -0.639. The fourth-order valence-corrected chi connectivity index (χ4v) is 1.74. The van der Waals surface area contributed by atoms with Gasteiger partial charge in [0.1, 0.15) is 5.82 Å². The van der Waals surface area contributed by atoms with E-state index in [-0.39, 0.29) is 11.7 Å². The van der Waals surface area contributed by atoms with Gasteiger partial charge in [0.15, 0.2) is 0 Å². The zero-order chi connectivity index (χ0) is 14.7. The van der Waals surface area contributed by atoms with Gasteiger partial charge in [-0.1, -0.05) is 0 Å². The molecule has 0 spiro atoms. The molecule has 0 aliphatic heterocycles. The molecule has 0 amide bonds. The number of benzene rings is 1. The van der Waals surface area contributed by atoms with Gasteiger partial charge in [-0.3, -0.25) is 14.8 Å². The molecule has 0 unspecified atom stereocenters. The molecule has 6 nitrogen and oxygen atoms in total. The summed E-state index contributed by atoms with van der Waals surface area (Å²) in [6, 6.07) is 3.68. The van der Waals surface area contributed by atoms with Gasteiger partial charge >= 0.3 is 0 Å². The van der Waals surface area contributed by atoms with Crippen LogP contribution < -0.4 is 5.32 Å². The minimum absolute atomic E-state index is 0.263. The van der Waals surface area contributed by atoms with Crippen LogP contribution in [0.2, 0.25) is 0 Å². The van der Waals surface area contributed by atoms with E-state index >= 15 is 0 Å². The topological polar surface area (TPSA) is 73.0 Å². The summed E-state index contributed by atoms with van der Waals surface area (Å²) in [7, 11) is 0. The van der Waals surface area contributed by atoms with Crippen molar-refractivity contribution < 1.29 is 9.31 Å². The van der Waals surface area contributed by atoms with Crippen molar-refractivity contribution in [1.82, 2.24) is 9.78 Å². The van der Waals surface area contributed by atoms with Crippen molar-refractivity contribution in [3.05, 3.63) is 52.1 Å². The van der Waals surface area contributed by atoms with Crippen LogP contribution in [0.3, 0.4) is 0 Å². The SMILES string of the molecule is CC(C)n1cc(CNc2cc(F)cc([N+](=O)[O-])c2)cn1. The Balaban J connectivity index is 2.08. The van der Waals surface area contributed by atoms with Crippen LogP contribution in [0.5, 0.6) is 0 Å². The first kappa shape index (κ1) is 14.0. The van der Waals surface area contributed by atoms with Crippen molar-refractivity contribution in [3.63, 3.8) is 0 Å². The van der Waals surface area contributed by atoms with Crippen LogP contribution in [0.15, 0.2) is 30.6 Å². The Labute approximate surface area is 115 Å². The van der Waals surface area contributed by atoms with Crippen LogP contribution in [0, 0.1) is 15.9 Å². The Morgan fingerprint density at radius 1 is 1.45 bits per heavy atom. The summed E-state index contributed by atoms with van der Waals surface area (Å²) < 4.78 is 15.1. The highest BCUT2D eigenvalue weighted by Crippen LogP contribution is 2.20. The summed E-state index contributed by atoms with van der Waals surface area (Å²) in [6.07, 6.45) is 3.59. The van der Waals surface area contributed by atoms with E-state index in [0.29, 0.717) is 12.2 Å². The molecule has 7 heteroatoms. The Morgan fingerprint density at radius 2 is 2.20 bits per heavy atom. The lowest BCUT2D eigenvalue weighted by Crippen LogP contribution is -2.02. The molecule has 1 aromatic carbocycles. The Morgan fingerprint density at radius 3 is 2.80 bits per heavy atom. The second-order valence-electron chi connectivity index (χ2n) is 4.73. The van der Waals surface area contributed by atoms with Gasteiger partial charge in [-0.2, -0.15) is 5.10 Å². The monoisotopic (exact) mass is 278 g/mol. The number of nitro groups is 1. The molecule has 0 saturated carbocycles. The lowest BCUT2D eigenvalue weighted by molar-refractivity contribution is -0.385. The van der Waals surface area contributed by atoms with Crippen LogP contribution >= 0.6 is 0 Å². The van der Waals surface area contributed by atoms with Crippen molar-refractivity contribution in [2.45, 2.75) is 26.4 Å². The first-order chi connectivity index (χ1) is 9.45. The molecule has 0 saturated heterocycles. The highest BCUT2D eigenvalue weighted by molar-refractivity contribution is 5.51. The van der Waals surface area contributed by atoms with E-state index in [0.717, 1.165) is 11.6 Å². The highest BCUT2D eigenvalue weighted by atomic mass is 19.1. The predicted octanol–water partition coefficient (Wildman–Crippen LogP) is 3.12. The molecule has 1 aromatic heterocycles. The molecular formula is C13H15FN4O2. The number of hydrogen-bond acceptors (Lipinski definition) is 4. The van der Waals surface area contributed by atoms with Crippen molar-refractivity contribution >= 4 is 11.4 Å². The number of rotatable bonds is 5. The largest absolute Gasteiger partial charge is 0.381 e. The molecule has 1 heterocycles. The third kappa shape index (κ3) is 3.31. The zero-order valence-electron chi connectivity index (χ0n) is 11.2. The van der Waals surface area contributed by atoms with Gasteiger partial charge in [-0.25, -0.2) is 4.39 Å². The second-order valence-corrected chi connectivity index (χ2v) is 4.73. The van der Waals surface area contributed by atoms with E-state index in [9.17, 15) is 14.5 Å². The first-order valence-electron chi connectivity index (χ1n) is 6.17. The lowest BCUT2D eigenvalue weighted by Gasteiger charge is -2.05. The van der Waals surface area contributed by atoms with E-state index in [1.54, 1.807) is 6.20 Å². The molecule has 2 aromatic rings. The van der Waals surface area contributed by atoms with Gasteiger partial charge in [0.05, 0.1) is 17.2 Å². The van der Waals surface area contributed by atoms with Crippen molar-refractivity contribution in [2.24, 2.45) is 0 Å². The fraction of sp³-hybridized carbons (Fsp3) is 0.308. The molecule has 2 rings (SSSR count). The molecule has 0 aliphatic rings. The Bertz CT molecular complexity index is 625. The van der Waals surface area contributed by atoms with Crippen molar-refractivity contribution in [3.8, 4) is 0 Å². The van der Waals surface area contributed by atoms with Crippen LogP contribution in [-0.4, -0.2) is 14.7 Å². The molecule has 0 fully saturated rings.